The van der Waals surface area contributed by atoms with Gasteiger partial charge >= 0.3 is 0 Å². The van der Waals surface area contributed by atoms with E-state index in [1.54, 1.807) is 25.2 Å². The summed E-state index contributed by atoms with van der Waals surface area (Å²) in [7, 11) is 3.58. The van der Waals surface area contributed by atoms with Crippen LogP contribution in [0.2, 0.25) is 4.47 Å². The van der Waals surface area contributed by atoms with Crippen molar-refractivity contribution in [1.82, 2.24) is 20.1 Å². The Kier molecular flexibility index (Phi) is 4.55. The van der Waals surface area contributed by atoms with Crippen LogP contribution in [0.15, 0.2) is 6.20 Å². The van der Waals surface area contributed by atoms with Crippen molar-refractivity contribution in [3.05, 3.63) is 15.5 Å². The average Bonchev–Trinajstić information content (AvgIpc) is 2.74. The predicted octanol–water partition coefficient (Wildman–Crippen LogP) is 0.659. The number of hydrogen-bond acceptors (Lipinski definition) is 5. The van der Waals surface area contributed by atoms with Crippen LogP contribution in [0.3, 0.4) is 0 Å². The highest BCUT2D eigenvalue weighted by Crippen LogP contribution is 2.21. The van der Waals surface area contributed by atoms with E-state index < -0.39 is 0 Å². The Balaban J connectivity index is 2.06. The molecule has 1 saturated heterocycles. The third kappa shape index (κ3) is 3.20. The predicted molar refractivity (Wildman–Crippen MR) is 72.9 cm³/mol. The maximum absolute atomic E-state index is 12.1. The lowest BCUT2D eigenvalue weighted by atomic mass is 10.1. The molecule has 0 bridgehead atoms. The summed E-state index contributed by atoms with van der Waals surface area (Å²) in [6.07, 6.45) is 1.78. The minimum absolute atomic E-state index is 0.102. The van der Waals surface area contributed by atoms with E-state index in [-0.39, 0.29) is 11.9 Å². The van der Waals surface area contributed by atoms with Crippen molar-refractivity contribution in [2.45, 2.75) is 12.6 Å². The second kappa shape index (κ2) is 5.97. The molecule has 2 heterocycles. The lowest BCUT2D eigenvalue weighted by molar-refractivity contribution is -0.135. The lowest BCUT2D eigenvalue weighted by Crippen LogP contribution is -2.57. The monoisotopic (exact) mass is 288 g/mol. The first-order valence-corrected chi connectivity index (χ1v) is 7.03. The number of nitrogens with zero attached hydrogens (tertiary/aromatic N) is 3. The number of halogens is 1. The van der Waals surface area contributed by atoms with E-state index in [0.717, 1.165) is 24.5 Å². The number of piperazine rings is 1. The smallest absolute Gasteiger partial charge is 0.240 e. The Hall–Kier alpha value is -0.690. The second-order valence-electron chi connectivity index (χ2n) is 4.50. The van der Waals surface area contributed by atoms with Crippen molar-refractivity contribution in [2.24, 2.45) is 0 Å². The van der Waals surface area contributed by atoms with Crippen molar-refractivity contribution in [3.8, 4) is 0 Å². The minimum Gasteiger partial charge on any atom is -0.347 e. The number of nitrogens with one attached hydrogen (secondary N) is 1. The van der Waals surface area contributed by atoms with Crippen LogP contribution in [-0.2, 0) is 11.3 Å². The van der Waals surface area contributed by atoms with Gasteiger partial charge in [0.2, 0.25) is 5.91 Å². The van der Waals surface area contributed by atoms with Crippen molar-refractivity contribution in [1.29, 1.82) is 0 Å². The number of likely N-dealkylation sites (N-methyl/N-ethyl adjacent to an activating group) is 1. The van der Waals surface area contributed by atoms with Crippen LogP contribution in [0.1, 0.15) is 4.88 Å². The van der Waals surface area contributed by atoms with Crippen LogP contribution in [0.4, 0.5) is 0 Å². The SMILES string of the molecule is CN(C)C(=O)C1CNCCN1Cc1cnc(Cl)s1. The molecule has 1 fully saturated rings. The normalized spacial score (nSPS) is 20.9. The molecule has 1 N–H and O–H groups in total. The molecule has 1 amide bonds. The maximum Gasteiger partial charge on any atom is 0.240 e. The highest BCUT2D eigenvalue weighted by atomic mass is 35.5. The fourth-order valence-electron chi connectivity index (χ4n) is 2.03. The van der Waals surface area contributed by atoms with Crippen LogP contribution in [0.25, 0.3) is 0 Å². The van der Waals surface area contributed by atoms with Gasteiger partial charge in [-0.2, -0.15) is 0 Å². The molecule has 0 saturated carbocycles. The Labute approximate surface area is 116 Å². The van der Waals surface area contributed by atoms with Gasteiger partial charge in [0.05, 0.1) is 0 Å². The molecule has 1 aromatic heterocycles. The zero-order valence-corrected chi connectivity index (χ0v) is 12.1. The number of amides is 1. The first-order chi connectivity index (χ1) is 8.58. The standard InChI is InChI=1S/C11H17ClN4OS/c1-15(2)10(17)9-6-13-3-4-16(9)7-8-5-14-11(12)18-8/h5,9,13H,3-4,6-7H2,1-2H3. The molecule has 5 nitrogen and oxygen atoms in total. The molecule has 18 heavy (non-hydrogen) atoms. The maximum atomic E-state index is 12.1. The van der Waals surface area contributed by atoms with Gasteiger partial charge in [-0.25, -0.2) is 4.98 Å². The fourth-order valence-corrected chi connectivity index (χ4v) is 3.04. The summed E-state index contributed by atoms with van der Waals surface area (Å²) >= 11 is 7.30. The Morgan fingerprint density at radius 3 is 3.11 bits per heavy atom. The number of thiazole rings is 1. The highest BCUT2D eigenvalue weighted by molar-refractivity contribution is 7.15. The summed E-state index contributed by atoms with van der Waals surface area (Å²) < 4.78 is 0.552. The zero-order chi connectivity index (χ0) is 13.1. The molecule has 1 atom stereocenters. The number of hydrogen-bond donors (Lipinski definition) is 1. The molecule has 1 aromatic rings. The molecule has 1 aliphatic heterocycles. The summed E-state index contributed by atoms with van der Waals surface area (Å²) in [6.45, 7) is 3.20. The molecule has 100 valence electrons. The quantitative estimate of drug-likeness (QED) is 0.888. The van der Waals surface area contributed by atoms with Gasteiger partial charge in [0.25, 0.3) is 0 Å². The van der Waals surface area contributed by atoms with E-state index in [4.69, 9.17) is 11.6 Å². The van der Waals surface area contributed by atoms with Crippen molar-refractivity contribution >= 4 is 28.8 Å². The van der Waals surface area contributed by atoms with Gasteiger partial charge in [-0.1, -0.05) is 11.6 Å². The third-order valence-corrected chi connectivity index (χ3v) is 4.06. The van der Waals surface area contributed by atoms with E-state index in [2.05, 4.69) is 15.2 Å². The fraction of sp³-hybridized carbons (Fsp3) is 0.636. The average molecular weight is 289 g/mol. The molecule has 1 aliphatic rings. The van der Waals surface area contributed by atoms with Gasteiger partial charge in [-0.15, -0.1) is 11.3 Å². The lowest BCUT2D eigenvalue weighted by Gasteiger charge is -2.36. The summed E-state index contributed by atoms with van der Waals surface area (Å²) in [6, 6.07) is -0.102. The minimum atomic E-state index is -0.102. The van der Waals surface area contributed by atoms with E-state index >= 15 is 0 Å². The van der Waals surface area contributed by atoms with E-state index in [1.807, 2.05) is 0 Å². The van der Waals surface area contributed by atoms with E-state index in [0.29, 0.717) is 11.0 Å². The van der Waals surface area contributed by atoms with Gasteiger partial charge in [-0.3, -0.25) is 9.69 Å². The second-order valence-corrected chi connectivity index (χ2v) is 6.20. The number of aromatic nitrogens is 1. The molecule has 0 spiro atoms. The third-order valence-electron chi connectivity index (χ3n) is 2.96. The first-order valence-electron chi connectivity index (χ1n) is 5.84. The number of carbonyl (C=O) groups excluding carboxylic acids is 1. The molecular weight excluding hydrogens is 272 g/mol. The van der Waals surface area contributed by atoms with Gasteiger partial charge in [0, 0.05) is 51.3 Å². The Bertz CT molecular complexity index is 423. The summed E-state index contributed by atoms with van der Waals surface area (Å²) in [5.41, 5.74) is 0. The van der Waals surface area contributed by atoms with Gasteiger partial charge in [0.1, 0.15) is 6.04 Å². The number of rotatable bonds is 3. The molecular formula is C11H17ClN4OS. The first kappa shape index (κ1) is 13.7. The summed E-state index contributed by atoms with van der Waals surface area (Å²) in [5.74, 6) is 0.137. The van der Waals surface area contributed by atoms with Gasteiger partial charge in [-0.05, 0) is 0 Å². The van der Waals surface area contributed by atoms with Crippen molar-refractivity contribution in [2.75, 3.05) is 33.7 Å². The van der Waals surface area contributed by atoms with Crippen LogP contribution in [0, 0.1) is 0 Å². The molecule has 2 rings (SSSR count). The largest absolute Gasteiger partial charge is 0.347 e. The van der Waals surface area contributed by atoms with Gasteiger partial charge in [0.15, 0.2) is 4.47 Å². The van der Waals surface area contributed by atoms with E-state index in [1.165, 1.54) is 11.3 Å². The van der Waals surface area contributed by atoms with Crippen molar-refractivity contribution < 1.29 is 4.79 Å². The molecule has 1 unspecified atom stereocenters. The highest BCUT2D eigenvalue weighted by Gasteiger charge is 2.29. The molecule has 0 radical (unpaired) electrons. The van der Waals surface area contributed by atoms with Gasteiger partial charge < -0.3 is 10.2 Å². The zero-order valence-electron chi connectivity index (χ0n) is 10.5. The number of carbonyl (C=O) groups is 1. The van der Waals surface area contributed by atoms with Crippen LogP contribution >= 0.6 is 22.9 Å². The Morgan fingerprint density at radius 1 is 1.72 bits per heavy atom. The Morgan fingerprint density at radius 2 is 2.50 bits per heavy atom. The van der Waals surface area contributed by atoms with Crippen LogP contribution < -0.4 is 5.32 Å². The van der Waals surface area contributed by atoms with Crippen molar-refractivity contribution in [3.63, 3.8) is 0 Å². The topological polar surface area (TPSA) is 48.5 Å². The summed E-state index contributed by atoms with van der Waals surface area (Å²) in [4.78, 5) is 21.1. The molecule has 7 heteroatoms. The molecule has 0 aromatic carbocycles. The van der Waals surface area contributed by atoms with Crippen LogP contribution in [0.5, 0.6) is 0 Å². The van der Waals surface area contributed by atoms with Crippen LogP contribution in [-0.4, -0.2) is 60.5 Å². The summed E-state index contributed by atoms with van der Waals surface area (Å²) in [5, 5.41) is 3.26. The molecule has 0 aliphatic carbocycles. The van der Waals surface area contributed by atoms with E-state index in [9.17, 15) is 4.79 Å².